The van der Waals surface area contributed by atoms with Gasteiger partial charge >= 0.3 is 0 Å². The van der Waals surface area contributed by atoms with Crippen LogP contribution in [0.15, 0.2) is 18.3 Å². The number of carbonyl (C=O) groups is 1. The van der Waals surface area contributed by atoms with E-state index in [-0.39, 0.29) is 12.5 Å². The average molecular weight is 299 g/mol. The minimum atomic E-state index is -3.30. The third kappa shape index (κ3) is 3.99. The van der Waals surface area contributed by atoms with Crippen molar-refractivity contribution < 1.29 is 18.3 Å². The zero-order valence-electron chi connectivity index (χ0n) is 11.1. The number of sulfonamides is 1. The summed E-state index contributed by atoms with van der Waals surface area (Å²) in [6.07, 6.45) is 2.65. The summed E-state index contributed by atoms with van der Waals surface area (Å²) >= 11 is 0. The summed E-state index contributed by atoms with van der Waals surface area (Å²) in [6, 6.07) is 3.14. The number of aromatic nitrogens is 1. The average Bonchev–Trinajstić information content (AvgIpc) is 2.82. The Bertz CT molecular complexity index is 602. The second kappa shape index (κ2) is 5.86. The standard InChI is InChI=1S/C12H17N3O4S/c1-20(18,19)14-7-10-6-9(2-4-13-10)12(17)15-5-3-11(16)8-15/h2,4,6,11,14,16H,3,5,7-8H2,1H3. The lowest BCUT2D eigenvalue weighted by atomic mass is 10.2. The third-order valence-electron chi connectivity index (χ3n) is 3.03. The summed E-state index contributed by atoms with van der Waals surface area (Å²) in [6.45, 7) is 0.903. The van der Waals surface area contributed by atoms with Crippen LogP contribution in [0.5, 0.6) is 0 Å². The van der Waals surface area contributed by atoms with Gasteiger partial charge in [0.15, 0.2) is 0 Å². The largest absolute Gasteiger partial charge is 0.391 e. The highest BCUT2D eigenvalue weighted by Crippen LogP contribution is 2.13. The molecular weight excluding hydrogens is 282 g/mol. The molecule has 7 nitrogen and oxygen atoms in total. The highest BCUT2D eigenvalue weighted by molar-refractivity contribution is 7.88. The maximum absolute atomic E-state index is 12.2. The van der Waals surface area contributed by atoms with Gasteiger partial charge < -0.3 is 10.0 Å². The second-order valence-electron chi connectivity index (χ2n) is 4.82. The number of aliphatic hydroxyl groups is 1. The van der Waals surface area contributed by atoms with Crippen molar-refractivity contribution in [1.82, 2.24) is 14.6 Å². The first-order valence-electron chi connectivity index (χ1n) is 6.22. The van der Waals surface area contributed by atoms with Crippen LogP contribution in [0, 0.1) is 0 Å². The molecule has 1 aromatic rings. The van der Waals surface area contributed by atoms with Crippen LogP contribution in [0.25, 0.3) is 0 Å². The summed E-state index contributed by atoms with van der Waals surface area (Å²) in [5.74, 6) is -0.176. The Hall–Kier alpha value is -1.51. The maximum Gasteiger partial charge on any atom is 0.254 e. The molecule has 0 bridgehead atoms. The zero-order valence-corrected chi connectivity index (χ0v) is 11.9. The van der Waals surface area contributed by atoms with Gasteiger partial charge in [-0.2, -0.15) is 0 Å². The Morgan fingerprint density at radius 2 is 2.35 bits per heavy atom. The molecule has 1 saturated heterocycles. The molecule has 2 rings (SSSR count). The molecule has 1 aliphatic heterocycles. The van der Waals surface area contributed by atoms with Crippen LogP contribution in [0.3, 0.4) is 0 Å². The normalized spacial score (nSPS) is 19.3. The van der Waals surface area contributed by atoms with Gasteiger partial charge in [-0.3, -0.25) is 9.78 Å². The van der Waals surface area contributed by atoms with Crippen molar-refractivity contribution in [3.8, 4) is 0 Å². The van der Waals surface area contributed by atoms with Crippen molar-refractivity contribution >= 4 is 15.9 Å². The molecular formula is C12H17N3O4S. The topological polar surface area (TPSA) is 99.6 Å². The predicted molar refractivity (Wildman–Crippen MR) is 72.4 cm³/mol. The number of β-amino-alcohol motifs (C(OH)–C–C–N with tert-alkyl or cyclic N) is 1. The Morgan fingerprint density at radius 3 is 2.95 bits per heavy atom. The lowest BCUT2D eigenvalue weighted by molar-refractivity contribution is 0.0764. The highest BCUT2D eigenvalue weighted by atomic mass is 32.2. The summed E-state index contributed by atoms with van der Waals surface area (Å²) < 4.78 is 24.4. The molecule has 1 amide bonds. The van der Waals surface area contributed by atoms with Crippen LogP contribution in [0.4, 0.5) is 0 Å². The van der Waals surface area contributed by atoms with Gasteiger partial charge in [0.25, 0.3) is 5.91 Å². The van der Waals surface area contributed by atoms with E-state index >= 15 is 0 Å². The molecule has 2 N–H and O–H groups in total. The fraction of sp³-hybridized carbons (Fsp3) is 0.500. The quantitative estimate of drug-likeness (QED) is 0.768. The number of pyridine rings is 1. The van der Waals surface area contributed by atoms with E-state index in [4.69, 9.17) is 0 Å². The first kappa shape index (κ1) is 14.9. The monoisotopic (exact) mass is 299 g/mol. The van der Waals surface area contributed by atoms with Crippen LogP contribution in [-0.4, -0.2) is 54.8 Å². The SMILES string of the molecule is CS(=O)(=O)NCc1cc(C(=O)N2CCC(O)C2)ccn1. The molecule has 0 aliphatic carbocycles. The molecule has 1 atom stereocenters. The molecule has 0 radical (unpaired) electrons. The number of carbonyl (C=O) groups excluding carboxylic acids is 1. The molecule has 1 aromatic heterocycles. The van der Waals surface area contributed by atoms with E-state index in [9.17, 15) is 18.3 Å². The third-order valence-corrected chi connectivity index (χ3v) is 3.70. The van der Waals surface area contributed by atoms with E-state index in [1.54, 1.807) is 17.0 Å². The van der Waals surface area contributed by atoms with E-state index in [0.29, 0.717) is 30.8 Å². The first-order chi connectivity index (χ1) is 9.35. The number of hydrogen-bond donors (Lipinski definition) is 2. The van der Waals surface area contributed by atoms with Crippen LogP contribution >= 0.6 is 0 Å². The molecule has 1 aliphatic rings. The molecule has 8 heteroatoms. The van der Waals surface area contributed by atoms with E-state index in [0.717, 1.165) is 6.26 Å². The van der Waals surface area contributed by atoms with Crippen molar-refractivity contribution in [3.63, 3.8) is 0 Å². The van der Waals surface area contributed by atoms with Crippen molar-refractivity contribution in [2.24, 2.45) is 0 Å². The van der Waals surface area contributed by atoms with Gasteiger partial charge in [0.1, 0.15) is 0 Å². The molecule has 0 spiro atoms. The van der Waals surface area contributed by atoms with Gasteiger partial charge in [-0.1, -0.05) is 0 Å². The molecule has 110 valence electrons. The van der Waals surface area contributed by atoms with E-state index in [1.165, 1.54) is 6.20 Å². The number of aliphatic hydroxyl groups excluding tert-OH is 1. The van der Waals surface area contributed by atoms with Gasteiger partial charge in [0.2, 0.25) is 10.0 Å². The van der Waals surface area contributed by atoms with Crippen LogP contribution in [0.2, 0.25) is 0 Å². The molecule has 1 unspecified atom stereocenters. The summed E-state index contributed by atoms with van der Waals surface area (Å²) in [5.41, 5.74) is 0.917. The molecule has 2 heterocycles. The number of likely N-dealkylation sites (tertiary alicyclic amines) is 1. The molecule has 0 saturated carbocycles. The van der Waals surface area contributed by atoms with Crippen molar-refractivity contribution in [2.45, 2.75) is 19.1 Å². The molecule has 20 heavy (non-hydrogen) atoms. The predicted octanol–water partition coefficient (Wildman–Crippen LogP) is -0.662. The van der Waals surface area contributed by atoms with E-state index in [2.05, 4.69) is 9.71 Å². The Balaban J connectivity index is 2.07. The van der Waals surface area contributed by atoms with Crippen molar-refractivity contribution in [3.05, 3.63) is 29.6 Å². The zero-order chi connectivity index (χ0) is 14.8. The Morgan fingerprint density at radius 1 is 1.60 bits per heavy atom. The first-order valence-corrected chi connectivity index (χ1v) is 8.11. The lowest BCUT2D eigenvalue weighted by Crippen LogP contribution is -2.29. The van der Waals surface area contributed by atoms with E-state index in [1.807, 2.05) is 0 Å². The maximum atomic E-state index is 12.2. The number of amides is 1. The van der Waals surface area contributed by atoms with Crippen molar-refractivity contribution in [1.29, 1.82) is 0 Å². The molecule has 0 aromatic carbocycles. The Kier molecular flexibility index (Phi) is 4.36. The summed E-state index contributed by atoms with van der Waals surface area (Å²) in [7, 11) is -3.30. The van der Waals surface area contributed by atoms with Gasteiger partial charge in [-0.15, -0.1) is 0 Å². The van der Waals surface area contributed by atoms with E-state index < -0.39 is 16.1 Å². The number of hydrogen-bond acceptors (Lipinski definition) is 5. The fourth-order valence-electron chi connectivity index (χ4n) is 2.02. The van der Waals surface area contributed by atoms with Crippen molar-refractivity contribution in [2.75, 3.05) is 19.3 Å². The number of nitrogens with one attached hydrogen (secondary N) is 1. The fourth-order valence-corrected chi connectivity index (χ4v) is 2.43. The van der Waals surface area contributed by atoms with Gasteiger partial charge in [0.05, 0.1) is 24.6 Å². The van der Waals surface area contributed by atoms with Gasteiger partial charge in [0, 0.05) is 24.8 Å². The summed E-state index contributed by atoms with van der Waals surface area (Å²) in [4.78, 5) is 17.8. The smallest absolute Gasteiger partial charge is 0.254 e. The number of nitrogens with zero attached hydrogens (tertiary/aromatic N) is 2. The van der Waals surface area contributed by atoms with Gasteiger partial charge in [-0.25, -0.2) is 13.1 Å². The Labute approximate surface area is 117 Å². The molecule has 1 fully saturated rings. The second-order valence-corrected chi connectivity index (χ2v) is 6.66. The summed E-state index contributed by atoms with van der Waals surface area (Å²) in [5, 5.41) is 9.44. The lowest BCUT2D eigenvalue weighted by Gasteiger charge is -2.15. The number of rotatable bonds is 4. The van der Waals surface area contributed by atoms with Crippen LogP contribution in [-0.2, 0) is 16.6 Å². The van der Waals surface area contributed by atoms with Crippen LogP contribution < -0.4 is 4.72 Å². The van der Waals surface area contributed by atoms with Gasteiger partial charge in [-0.05, 0) is 18.6 Å². The van der Waals surface area contributed by atoms with Crippen LogP contribution in [0.1, 0.15) is 22.5 Å². The minimum Gasteiger partial charge on any atom is -0.391 e. The highest BCUT2D eigenvalue weighted by Gasteiger charge is 2.25. The minimum absolute atomic E-state index is 0.0442.